The number of nitrogens with one attached hydrogen (secondary N) is 1. The third-order valence-corrected chi connectivity index (χ3v) is 1.28. The standard InChI is InChI=1S/C2H4N2O6S/c1-7-8-2(3)4-9-11(5,6)10-4/h3H,1H3. The Labute approximate surface area is 61.9 Å². The zero-order chi connectivity index (χ0) is 8.48. The Morgan fingerprint density at radius 2 is 2.09 bits per heavy atom. The fourth-order valence-corrected chi connectivity index (χ4v) is 0.827. The van der Waals surface area contributed by atoms with Crippen molar-refractivity contribution in [2.75, 3.05) is 7.11 Å². The molecule has 0 radical (unpaired) electrons. The number of hydrogen-bond acceptors (Lipinski definition) is 7. The average molecular weight is 184 g/mol. The van der Waals surface area contributed by atoms with Gasteiger partial charge in [-0.3, -0.25) is 4.89 Å². The first kappa shape index (κ1) is 8.20. The Bertz CT molecular complexity index is 246. The predicted molar refractivity (Wildman–Crippen MR) is 28.7 cm³/mol. The molecule has 0 amide bonds. The summed E-state index contributed by atoms with van der Waals surface area (Å²) in [6.45, 7) is 0. The molecule has 0 saturated carbocycles. The predicted octanol–water partition coefficient (Wildman–Crippen LogP) is -1.08. The highest BCUT2D eigenvalue weighted by atomic mass is 32.3. The van der Waals surface area contributed by atoms with Crippen LogP contribution in [-0.4, -0.2) is 26.8 Å². The van der Waals surface area contributed by atoms with Gasteiger partial charge in [0.1, 0.15) is 0 Å². The Morgan fingerprint density at radius 1 is 1.55 bits per heavy atom. The van der Waals surface area contributed by atoms with Gasteiger partial charge in [-0.1, -0.05) is 8.57 Å². The smallest absolute Gasteiger partial charge is 0.293 e. The van der Waals surface area contributed by atoms with Gasteiger partial charge in [-0.15, -0.1) is 0 Å². The molecule has 1 aliphatic heterocycles. The molecular weight excluding hydrogens is 180 g/mol. The van der Waals surface area contributed by atoms with E-state index in [0.29, 0.717) is 0 Å². The van der Waals surface area contributed by atoms with Crippen molar-refractivity contribution in [1.82, 2.24) is 5.23 Å². The summed E-state index contributed by atoms with van der Waals surface area (Å²) < 4.78 is 28.0. The molecule has 1 aliphatic rings. The minimum atomic E-state index is -3.94. The Morgan fingerprint density at radius 3 is 2.45 bits per heavy atom. The SMILES string of the molecule is COOC(=N)N1OS(=O)(=O)O1. The van der Waals surface area contributed by atoms with Gasteiger partial charge >= 0.3 is 16.4 Å². The highest BCUT2D eigenvalue weighted by Gasteiger charge is 2.39. The van der Waals surface area contributed by atoms with Crippen LogP contribution in [0.15, 0.2) is 0 Å². The molecule has 11 heavy (non-hydrogen) atoms. The van der Waals surface area contributed by atoms with Crippen molar-refractivity contribution >= 4 is 16.4 Å². The van der Waals surface area contributed by atoms with Gasteiger partial charge in [0.2, 0.25) is 0 Å². The van der Waals surface area contributed by atoms with E-state index in [1.165, 1.54) is 0 Å². The van der Waals surface area contributed by atoms with E-state index < -0.39 is 16.4 Å². The van der Waals surface area contributed by atoms with Gasteiger partial charge in [-0.2, -0.15) is 13.3 Å². The molecule has 8 nitrogen and oxygen atoms in total. The van der Waals surface area contributed by atoms with Crippen LogP contribution in [0, 0.1) is 5.41 Å². The Kier molecular flexibility index (Phi) is 1.95. The maximum atomic E-state index is 10.1. The lowest BCUT2D eigenvalue weighted by Crippen LogP contribution is -2.46. The van der Waals surface area contributed by atoms with Gasteiger partial charge in [-0.25, -0.2) is 5.41 Å². The van der Waals surface area contributed by atoms with Gasteiger partial charge in [0.25, 0.3) is 0 Å². The summed E-state index contributed by atoms with van der Waals surface area (Å²) in [5.74, 6) is 0. The largest absolute Gasteiger partial charge is 0.446 e. The first-order valence-electron chi connectivity index (χ1n) is 2.28. The van der Waals surface area contributed by atoms with Crippen LogP contribution in [0.2, 0.25) is 0 Å². The molecule has 0 aromatic rings. The van der Waals surface area contributed by atoms with Crippen LogP contribution >= 0.6 is 0 Å². The molecule has 0 aromatic heterocycles. The number of amidine groups is 1. The molecule has 0 spiro atoms. The second-order valence-electron chi connectivity index (χ2n) is 1.37. The summed E-state index contributed by atoms with van der Waals surface area (Å²) in [7, 11) is -2.80. The maximum absolute atomic E-state index is 10.1. The van der Waals surface area contributed by atoms with E-state index in [4.69, 9.17) is 5.41 Å². The Balaban J connectivity index is 2.38. The number of hydroxylamine groups is 2. The molecule has 0 aromatic carbocycles. The van der Waals surface area contributed by atoms with Crippen LogP contribution in [0.5, 0.6) is 0 Å². The molecule has 0 unspecified atom stereocenters. The lowest BCUT2D eigenvalue weighted by Gasteiger charge is -2.24. The molecule has 0 bridgehead atoms. The first-order valence-corrected chi connectivity index (χ1v) is 3.62. The minimum Gasteiger partial charge on any atom is -0.293 e. The minimum absolute atomic E-state index is 0.235. The maximum Gasteiger partial charge on any atom is 0.446 e. The van der Waals surface area contributed by atoms with E-state index in [-0.39, 0.29) is 5.23 Å². The van der Waals surface area contributed by atoms with Crippen molar-refractivity contribution in [3.8, 4) is 0 Å². The number of rotatable bonds is 1. The van der Waals surface area contributed by atoms with Crippen LogP contribution in [0.25, 0.3) is 0 Å². The fourth-order valence-electron chi connectivity index (χ4n) is 0.348. The lowest BCUT2D eigenvalue weighted by atomic mass is 11.2. The van der Waals surface area contributed by atoms with Gasteiger partial charge in [0.15, 0.2) is 0 Å². The summed E-state index contributed by atoms with van der Waals surface area (Å²) in [6.07, 6.45) is 0. The van der Waals surface area contributed by atoms with Gasteiger partial charge in [-0.05, 0) is 5.23 Å². The van der Waals surface area contributed by atoms with E-state index >= 15 is 0 Å². The number of nitrogens with zero attached hydrogens (tertiary/aromatic N) is 1. The van der Waals surface area contributed by atoms with E-state index in [1.807, 2.05) is 0 Å². The van der Waals surface area contributed by atoms with Crippen LogP contribution in [0.4, 0.5) is 0 Å². The molecule has 0 aliphatic carbocycles. The van der Waals surface area contributed by atoms with Crippen molar-refractivity contribution in [1.29, 1.82) is 5.41 Å². The van der Waals surface area contributed by atoms with Crippen molar-refractivity contribution in [3.63, 3.8) is 0 Å². The van der Waals surface area contributed by atoms with E-state index in [2.05, 4.69) is 18.3 Å². The zero-order valence-corrected chi connectivity index (χ0v) is 6.12. The Hall–Kier alpha value is -0.900. The topological polar surface area (TPSA) is 98.1 Å². The van der Waals surface area contributed by atoms with Crippen molar-refractivity contribution in [2.45, 2.75) is 0 Å². The highest BCUT2D eigenvalue weighted by molar-refractivity contribution is 7.82. The van der Waals surface area contributed by atoms with Crippen LogP contribution in [-0.2, 0) is 28.7 Å². The third kappa shape index (κ3) is 1.77. The first-order chi connectivity index (χ1) is 5.05. The molecule has 1 heterocycles. The van der Waals surface area contributed by atoms with Crippen LogP contribution in [0.1, 0.15) is 0 Å². The lowest BCUT2D eigenvalue weighted by molar-refractivity contribution is -0.313. The van der Waals surface area contributed by atoms with Crippen molar-refractivity contribution in [3.05, 3.63) is 0 Å². The summed E-state index contributed by atoms with van der Waals surface area (Å²) in [6, 6.07) is -0.720. The van der Waals surface area contributed by atoms with Gasteiger partial charge < -0.3 is 0 Å². The van der Waals surface area contributed by atoms with E-state index in [1.54, 1.807) is 0 Å². The summed E-state index contributed by atoms with van der Waals surface area (Å²) >= 11 is 0. The monoisotopic (exact) mass is 184 g/mol. The van der Waals surface area contributed by atoms with Gasteiger partial charge in [0, 0.05) is 0 Å². The molecule has 64 valence electrons. The quantitative estimate of drug-likeness (QED) is 0.239. The van der Waals surface area contributed by atoms with Crippen molar-refractivity contribution < 1.29 is 26.8 Å². The number of hydrogen-bond donors (Lipinski definition) is 1. The molecule has 1 saturated heterocycles. The van der Waals surface area contributed by atoms with Crippen LogP contribution in [0.3, 0.4) is 0 Å². The van der Waals surface area contributed by atoms with E-state index in [9.17, 15) is 8.42 Å². The molecule has 1 rings (SSSR count). The third-order valence-electron chi connectivity index (χ3n) is 0.646. The zero-order valence-electron chi connectivity index (χ0n) is 5.30. The normalized spacial score (nSPS) is 20.6. The van der Waals surface area contributed by atoms with Crippen LogP contribution < -0.4 is 0 Å². The summed E-state index contributed by atoms with van der Waals surface area (Å²) in [5, 5.41) is 7.02. The molecule has 9 heteroatoms. The molecular formula is C2H4N2O6S. The fraction of sp³-hybridized carbons (Fsp3) is 0.500. The van der Waals surface area contributed by atoms with Crippen molar-refractivity contribution in [2.24, 2.45) is 0 Å². The second kappa shape index (κ2) is 2.62. The molecule has 1 N–H and O–H groups in total. The van der Waals surface area contributed by atoms with Gasteiger partial charge in [0.05, 0.1) is 7.11 Å². The molecule has 1 fully saturated rings. The second-order valence-corrected chi connectivity index (χ2v) is 2.48. The summed E-state index contributed by atoms with van der Waals surface area (Å²) in [4.78, 5) is 8.04. The average Bonchev–Trinajstić information content (AvgIpc) is 1.83. The highest BCUT2D eigenvalue weighted by Crippen LogP contribution is 2.16. The summed E-state index contributed by atoms with van der Waals surface area (Å²) in [5.41, 5.74) is 0. The molecule has 0 atom stereocenters. The van der Waals surface area contributed by atoms with E-state index in [0.717, 1.165) is 7.11 Å².